The van der Waals surface area contributed by atoms with Gasteiger partial charge in [0.1, 0.15) is 17.8 Å². The number of rotatable bonds is 6. The van der Waals surface area contributed by atoms with Crippen molar-refractivity contribution in [1.82, 2.24) is 25.1 Å². The quantitative estimate of drug-likeness (QED) is 0.616. The first-order valence-electron chi connectivity index (χ1n) is 6.53. The largest absolute Gasteiger partial charge is 0.341 e. The highest BCUT2D eigenvalue weighted by atomic mass is 16.6. The van der Waals surface area contributed by atoms with Crippen LogP contribution in [0.1, 0.15) is 42.6 Å². The average Bonchev–Trinajstić information content (AvgIpc) is 3.08. The van der Waals surface area contributed by atoms with Crippen LogP contribution in [0.5, 0.6) is 0 Å². The zero-order valence-electron chi connectivity index (χ0n) is 11.7. The van der Waals surface area contributed by atoms with Crippen LogP contribution >= 0.6 is 0 Å². The van der Waals surface area contributed by atoms with Crippen molar-refractivity contribution in [3.63, 3.8) is 0 Å². The number of nitro groups is 1. The summed E-state index contributed by atoms with van der Waals surface area (Å²) in [5, 5.41) is 20.0. The van der Waals surface area contributed by atoms with Crippen LogP contribution in [-0.4, -0.2) is 30.6 Å². The van der Waals surface area contributed by atoms with Crippen molar-refractivity contribution in [1.29, 1.82) is 0 Å². The summed E-state index contributed by atoms with van der Waals surface area (Å²) in [7, 11) is 0. The van der Waals surface area contributed by atoms with Crippen LogP contribution in [0.4, 0.5) is 5.69 Å². The molecule has 0 fully saturated rings. The number of carbonyl (C=O) groups is 1. The lowest BCUT2D eigenvalue weighted by molar-refractivity contribution is -0.384. The van der Waals surface area contributed by atoms with E-state index in [2.05, 4.69) is 20.5 Å². The van der Waals surface area contributed by atoms with Gasteiger partial charge in [-0.05, 0) is 13.3 Å². The van der Waals surface area contributed by atoms with E-state index in [0.29, 0.717) is 12.4 Å². The molecule has 9 nitrogen and oxygen atoms in total. The molecule has 21 heavy (non-hydrogen) atoms. The molecule has 0 saturated carbocycles. The van der Waals surface area contributed by atoms with Gasteiger partial charge in [0.15, 0.2) is 0 Å². The van der Waals surface area contributed by atoms with E-state index in [4.69, 9.17) is 0 Å². The number of H-pyrrole nitrogens is 1. The molecular weight excluding hydrogens is 276 g/mol. The Hall–Kier alpha value is -2.71. The summed E-state index contributed by atoms with van der Waals surface area (Å²) in [5.41, 5.74) is 0.163. The van der Waals surface area contributed by atoms with E-state index >= 15 is 0 Å². The molecule has 2 aromatic heterocycles. The molecule has 2 rings (SSSR count). The maximum Gasteiger partial charge on any atom is 0.287 e. The molecule has 0 aliphatic carbocycles. The van der Waals surface area contributed by atoms with E-state index in [9.17, 15) is 14.9 Å². The van der Waals surface area contributed by atoms with Crippen LogP contribution in [0, 0.1) is 10.1 Å². The van der Waals surface area contributed by atoms with Gasteiger partial charge in [-0.1, -0.05) is 6.92 Å². The number of aromatic nitrogens is 4. The lowest BCUT2D eigenvalue weighted by Crippen LogP contribution is -2.29. The van der Waals surface area contributed by atoms with Gasteiger partial charge in [-0.3, -0.25) is 20.0 Å². The summed E-state index contributed by atoms with van der Waals surface area (Å²) in [5.74, 6) is 0.131. The number of nitrogens with zero attached hydrogens (tertiary/aromatic N) is 4. The summed E-state index contributed by atoms with van der Waals surface area (Å²) >= 11 is 0. The van der Waals surface area contributed by atoms with Crippen molar-refractivity contribution in [2.45, 2.75) is 32.9 Å². The molecule has 2 N–H and O–H groups in total. The summed E-state index contributed by atoms with van der Waals surface area (Å²) < 4.78 is 1.58. The van der Waals surface area contributed by atoms with Gasteiger partial charge in [-0.15, -0.1) is 0 Å². The Morgan fingerprint density at radius 3 is 2.95 bits per heavy atom. The fourth-order valence-corrected chi connectivity index (χ4v) is 1.97. The molecule has 0 bridgehead atoms. The standard InChI is InChI=1S/C12H16N6O3/c1-3-4-17-6-9(18(20)21)5-10(17)12(19)15-8(2)11-13-7-14-16-11/h5-8H,3-4H2,1-2H3,(H,15,19)(H,13,14,16). The predicted molar refractivity (Wildman–Crippen MR) is 73.6 cm³/mol. The number of carbonyl (C=O) groups excluding carboxylic acids is 1. The molecule has 1 atom stereocenters. The van der Waals surface area contributed by atoms with Crippen molar-refractivity contribution >= 4 is 11.6 Å². The number of nitrogens with one attached hydrogen (secondary N) is 2. The van der Waals surface area contributed by atoms with Gasteiger partial charge in [0.2, 0.25) is 0 Å². The second kappa shape index (κ2) is 6.16. The summed E-state index contributed by atoms with van der Waals surface area (Å²) in [6, 6.07) is 0.905. The molecule has 9 heteroatoms. The van der Waals surface area contributed by atoms with E-state index in [1.54, 1.807) is 11.5 Å². The van der Waals surface area contributed by atoms with Crippen LogP contribution in [0.25, 0.3) is 0 Å². The maximum atomic E-state index is 12.3. The lowest BCUT2D eigenvalue weighted by atomic mass is 10.3. The van der Waals surface area contributed by atoms with Crippen molar-refractivity contribution in [2.75, 3.05) is 0 Å². The third-order valence-corrected chi connectivity index (χ3v) is 2.98. The summed E-state index contributed by atoms with van der Waals surface area (Å²) in [6.45, 7) is 4.22. The topological polar surface area (TPSA) is 119 Å². The van der Waals surface area contributed by atoms with Crippen molar-refractivity contribution in [3.8, 4) is 0 Å². The normalized spacial score (nSPS) is 12.1. The third-order valence-electron chi connectivity index (χ3n) is 2.98. The fraction of sp³-hybridized carbons (Fsp3) is 0.417. The molecule has 0 radical (unpaired) electrons. The number of aromatic amines is 1. The van der Waals surface area contributed by atoms with Gasteiger partial charge >= 0.3 is 0 Å². The molecule has 0 aliphatic heterocycles. The minimum absolute atomic E-state index is 0.0964. The van der Waals surface area contributed by atoms with Gasteiger partial charge in [-0.25, -0.2) is 4.98 Å². The van der Waals surface area contributed by atoms with E-state index in [1.165, 1.54) is 18.6 Å². The van der Waals surface area contributed by atoms with Crippen LogP contribution in [0.3, 0.4) is 0 Å². The molecule has 0 aliphatic rings. The van der Waals surface area contributed by atoms with Crippen molar-refractivity contribution < 1.29 is 9.72 Å². The monoisotopic (exact) mass is 292 g/mol. The highest BCUT2D eigenvalue weighted by Gasteiger charge is 2.21. The fourth-order valence-electron chi connectivity index (χ4n) is 1.97. The number of amides is 1. The Morgan fingerprint density at radius 1 is 1.62 bits per heavy atom. The molecule has 0 spiro atoms. The Morgan fingerprint density at radius 2 is 2.38 bits per heavy atom. The number of aryl methyl sites for hydroxylation is 1. The van der Waals surface area contributed by atoms with E-state index in [0.717, 1.165) is 6.42 Å². The van der Waals surface area contributed by atoms with E-state index in [1.807, 2.05) is 6.92 Å². The summed E-state index contributed by atoms with van der Waals surface area (Å²) in [4.78, 5) is 26.6. The zero-order chi connectivity index (χ0) is 15.4. The average molecular weight is 292 g/mol. The maximum absolute atomic E-state index is 12.3. The van der Waals surface area contributed by atoms with E-state index in [-0.39, 0.29) is 23.3 Å². The van der Waals surface area contributed by atoms with Crippen molar-refractivity contribution in [2.24, 2.45) is 0 Å². The number of hydrogen-bond acceptors (Lipinski definition) is 5. The van der Waals surface area contributed by atoms with Crippen LogP contribution in [-0.2, 0) is 6.54 Å². The molecule has 1 amide bonds. The Balaban J connectivity index is 2.19. The molecular formula is C12H16N6O3. The van der Waals surface area contributed by atoms with Crippen LogP contribution < -0.4 is 5.32 Å². The first-order valence-corrected chi connectivity index (χ1v) is 6.53. The van der Waals surface area contributed by atoms with Gasteiger partial charge in [0, 0.05) is 12.6 Å². The first kappa shape index (κ1) is 14.7. The molecule has 2 heterocycles. The predicted octanol–water partition coefficient (Wildman–Crippen LogP) is 1.42. The van der Waals surface area contributed by atoms with Crippen LogP contribution in [0.15, 0.2) is 18.6 Å². The molecule has 2 aromatic rings. The van der Waals surface area contributed by atoms with Gasteiger partial charge < -0.3 is 9.88 Å². The molecule has 0 saturated heterocycles. The molecule has 112 valence electrons. The number of hydrogen-bond donors (Lipinski definition) is 2. The zero-order valence-corrected chi connectivity index (χ0v) is 11.7. The lowest BCUT2D eigenvalue weighted by Gasteiger charge is -2.12. The Bertz CT molecular complexity index is 633. The molecule has 1 unspecified atom stereocenters. The Labute approximate surface area is 120 Å². The van der Waals surface area contributed by atoms with Gasteiger partial charge in [0.25, 0.3) is 11.6 Å². The third kappa shape index (κ3) is 3.25. The van der Waals surface area contributed by atoms with Gasteiger partial charge in [-0.2, -0.15) is 5.10 Å². The second-order valence-electron chi connectivity index (χ2n) is 4.60. The van der Waals surface area contributed by atoms with Gasteiger partial charge in [0.05, 0.1) is 17.2 Å². The van der Waals surface area contributed by atoms with Crippen molar-refractivity contribution in [3.05, 3.63) is 40.2 Å². The minimum atomic E-state index is -0.511. The molecule has 0 aromatic carbocycles. The smallest absolute Gasteiger partial charge is 0.287 e. The highest BCUT2D eigenvalue weighted by Crippen LogP contribution is 2.18. The summed E-state index contributed by atoms with van der Waals surface area (Å²) in [6.07, 6.45) is 3.49. The SMILES string of the molecule is CCCn1cc([N+](=O)[O-])cc1C(=O)NC(C)c1ncn[nH]1. The van der Waals surface area contributed by atoms with Crippen LogP contribution in [0.2, 0.25) is 0 Å². The van der Waals surface area contributed by atoms with E-state index < -0.39 is 4.92 Å². The Kier molecular flexibility index (Phi) is 4.31. The highest BCUT2D eigenvalue weighted by molar-refractivity contribution is 5.93. The second-order valence-corrected chi connectivity index (χ2v) is 4.60. The minimum Gasteiger partial charge on any atom is -0.341 e. The first-order chi connectivity index (χ1) is 10.0.